The lowest BCUT2D eigenvalue weighted by molar-refractivity contribution is -0.142. The number of nitrogens with one attached hydrogen (secondary N) is 7. The van der Waals surface area contributed by atoms with E-state index in [1.165, 1.54) is 24.1 Å². The normalized spacial score (nSPS) is 16.0. The van der Waals surface area contributed by atoms with E-state index in [0.29, 0.717) is 98.6 Å². The Morgan fingerprint density at radius 2 is 1.32 bits per heavy atom. The molecule has 2 aromatic carbocycles. The first kappa shape index (κ1) is 77.5. The fraction of sp³-hybridized carbons (Fsp3) is 0.574. The molecular weight excluding hydrogens is 1260 g/mol. The van der Waals surface area contributed by atoms with E-state index in [9.17, 15) is 78.4 Å². The summed E-state index contributed by atoms with van der Waals surface area (Å²) >= 11 is 5.54. The maximum absolute atomic E-state index is 13.6. The number of unbranched alkanes of at least 4 members (excludes halogenated alkanes) is 2. The van der Waals surface area contributed by atoms with E-state index in [0.717, 1.165) is 5.56 Å². The number of aliphatic carboxylic acids is 4. The molecule has 2 fully saturated rings. The SMILES string of the molecule is CC(=O)NCCCCC(NC(=O)C(CCCCNC(=S)Nc1ccc(CC2CN(CC(=O)O)CCN(CC(=O)O)CCN2CC(=O)O)cc1)NC(=O)CCOCCOCCOCCNC(=O)COc1ccc2c(C(=O)NCC(=O)N3CCCC3B(O)O)ccnc2c1)C(=O)O. The fourth-order valence-electron chi connectivity index (χ4n) is 10.6. The predicted octanol–water partition coefficient (Wildman–Crippen LogP) is -1.50. The Morgan fingerprint density at radius 1 is 0.674 bits per heavy atom. The third kappa shape index (κ3) is 30.0. The molecule has 4 unspecified atom stereocenters. The third-order valence-electron chi connectivity index (χ3n) is 15.4. The molecule has 4 atom stereocenters. The van der Waals surface area contributed by atoms with Gasteiger partial charge in [0, 0.05) is 102 Å². The minimum atomic E-state index is -1.67. The molecular formula is C61H89BN12O20S. The molecule has 34 heteroatoms. The number of nitrogens with zero attached hydrogens (tertiary/aromatic N) is 5. The molecule has 6 amide bonds. The van der Waals surface area contributed by atoms with Gasteiger partial charge in [-0.2, -0.15) is 0 Å². The largest absolute Gasteiger partial charge is 0.484 e. The van der Waals surface area contributed by atoms with E-state index >= 15 is 0 Å². The zero-order chi connectivity index (χ0) is 69.1. The molecule has 2 aliphatic rings. The highest BCUT2D eigenvalue weighted by Crippen LogP contribution is 2.24. The van der Waals surface area contributed by atoms with E-state index in [2.05, 4.69) is 42.2 Å². The molecule has 1 aromatic heterocycles. The second-order valence-corrected chi connectivity index (χ2v) is 23.2. The Hall–Kier alpha value is -8.22. The van der Waals surface area contributed by atoms with Gasteiger partial charge in [0.05, 0.1) is 82.8 Å². The number of carbonyl (C=O) groups excluding carboxylic acids is 6. The number of fused-ring (bicyclic) bond motifs is 1. The van der Waals surface area contributed by atoms with E-state index in [4.69, 9.17) is 31.2 Å². The summed E-state index contributed by atoms with van der Waals surface area (Å²) in [5.41, 5.74) is 2.16. The summed E-state index contributed by atoms with van der Waals surface area (Å²) in [6, 6.07) is 10.8. The van der Waals surface area contributed by atoms with Crippen LogP contribution < -0.4 is 42.0 Å². The van der Waals surface area contributed by atoms with Crippen molar-refractivity contribution in [1.29, 1.82) is 0 Å². The van der Waals surface area contributed by atoms with Crippen molar-refractivity contribution in [2.24, 2.45) is 0 Å². The van der Waals surface area contributed by atoms with E-state index in [1.54, 1.807) is 45.0 Å². The van der Waals surface area contributed by atoms with Gasteiger partial charge in [-0.25, -0.2) is 4.79 Å². The van der Waals surface area contributed by atoms with Gasteiger partial charge in [-0.3, -0.25) is 62.8 Å². The Balaban J connectivity index is 0.979. The van der Waals surface area contributed by atoms with Crippen molar-refractivity contribution in [3.05, 3.63) is 65.9 Å². The summed E-state index contributed by atoms with van der Waals surface area (Å²) in [7, 11) is -1.67. The number of hydrogen-bond donors (Lipinski definition) is 13. The van der Waals surface area contributed by atoms with Crippen LogP contribution in [0, 0.1) is 0 Å². The zero-order valence-corrected chi connectivity index (χ0v) is 54.2. The molecule has 32 nitrogen and oxygen atoms in total. The van der Waals surface area contributed by atoms with Crippen LogP contribution in [-0.4, -0.2) is 282 Å². The smallest absolute Gasteiger partial charge is 0.475 e. The number of thiocarbonyl (C=S) groups is 1. The minimum absolute atomic E-state index is 0.00889. The van der Waals surface area contributed by atoms with E-state index in [-0.39, 0.29) is 136 Å². The van der Waals surface area contributed by atoms with Crippen molar-refractivity contribution in [3.8, 4) is 5.75 Å². The lowest BCUT2D eigenvalue weighted by Gasteiger charge is -2.33. The quantitative estimate of drug-likeness (QED) is 0.0174. The lowest BCUT2D eigenvalue weighted by Crippen LogP contribution is -2.51. The highest BCUT2D eigenvalue weighted by molar-refractivity contribution is 7.80. The van der Waals surface area contributed by atoms with Gasteiger partial charge in [-0.1, -0.05) is 12.1 Å². The molecule has 0 aliphatic carbocycles. The summed E-state index contributed by atoms with van der Waals surface area (Å²) < 4.78 is 22.3. The lowest BCUT2D eigenvalue weighted by atomic mass is 9.78. The molecule has 0 saturated carbocycles. The minimum Gasteiger partial charge on any atom is -0.484 e. The summed E-state index contributed by atoms with van der Waals surface area (Å²) in [5.74, 6) is -7.59. The molecule has 522 valence electrons. The summed E-state index contributed by atoms with van der Waals surface area (Å²) in [5, 5.41) is 78.1. The Morgan fingerprint density at radius 3 is 1.99 bits per heavy atom. The van der Waals surface area contributed by atoms with Gasteiger partial charge >= 0.3 is 31.0 Å². The van der Waals surface area contributed by atoms with Gasteiger partial charge in [0.1, 0.15) is 17.8 Å². The predicted molar refractivity (Wildman–Crippen MR) is 348 cm³/mol. The summed E-state index contributed by atoms with van der Waals surface area (Å²) in [6.45, 7) is 3.38. The number of carbonyl (C=O) groups is 10. The molecule has 3 aromatic rings. The highest BCUT2D eigenvalue weighted by Gasteiger charge is 2.37. The van der Waals surface area contributed by atoms with E-state index < -0.39 is 84.6 Å². The number of likely N-dealkylation sites (tertiary alicyclic amines) is 1. The molecule has 5 rings (SSSR count). The fourth-order valence-corrected chi connectivity index (χ4v) is 10.8. The first-order valence-electron chi connectivity index (χ1n) is 31.5. The van der Waals surface area contributed by atoms with Crippen LogP contribution in [-0.2, 0) is 63.8 Å². The van der Waals surface area contributed by atoms with Gasteiger partial charge in [-0.15, -0.1) is 0 Å². The maximum Gasteiger partial charge on any atom is 0.475 e. The first-order valence-corrected chi connectivity index (χ1v) is 32.0. The monoisotopic (exact) mass is 1350 g/mol. The second kappa shape index (κ2) is 42.3. The second-order valence-electron chi connectivity index (χ2n) is 22.7. The Kier molecular flexibility index (Phi) is 34.5. The maximum atomic E-state index is 13.6. The van der Waals surface area contributed by atoms with Crippen molar-refractivity contribution in [3.63, 3.8) is 0 Å². The number of carboxylic acid groups (broad SMARTS) is 4. The van der Waals surface area contributed by atoms with Crippen LogP contribution in [0.3, 0.4) is 0 Å². The average Bonchev–Trinajstić information content (AvgIpc) is 1.56. The zero-order valence-electron chi connectivity index (χ0n) is 53.3. The molecule has 2 aliphatic heterocycles. The van der Waals surface area contributed by atoms with Crippen LogP contribution >= 0.6 is 12.2 Å². The van der Waals surface area contributed by atoms with Gasteiger partial charge in [-0.05, 0) is 106 Å². The number of anilines is 1. The van der Waals surface area contributed by atoms with Gasteiger partial charge in [0.15, 0.2) is 11.7 Å². The molecule has 0 radical (unpaired) electrons. The molecule has 13 N–H and O–H groups in total. The molecule has 3 heterocycles. The molecule has 0 spiro atoms. The standard InChI is InChI=1S/C61H89BN12O20S/c1-41(75)63-18-4-3-8-49(60(87)88)70-59(86)48(7-2-5-19-66-61(95)68-43-12-10-42(11-13-43)33-44-36-72(38-56(81)82)24-23-71(37-55(79)80)25-26-73(44)39-57(83)84)69-52(76)17-27-91-29-31-93-32-30-92-28-21-65-53(77)40-94-45-14-15-46-47(16-20-64-50(46)34-45)58(85)67-35-54(78)74-22-6-9-51(74)62(89)90/h10-16,20,34,44,48-49,51,89-90H,2-9,17-19,21-33,35-40H2,1H3,(H,63,75)(H,65,77)(H,67,85)(H,69,76)(H,70,86)(H,79,80)(H,81,82)(H,83,84)(H,87,88)(H2,66,68,95). The van der Waals surface area contributed by atoms with Crippen LogP contribution in [0.5, 0.6) is 5.75 Å². The van der Waals surface area contributed by atoms with Crippen LogP contribution in [0.15, 0.2) is 54.7 Å². The van der Waals surface area contributed by atoms with Crippen molar-refractivity contribution in [1.82, 2.24) is 56.5 Å². The molecule has 95 heavy (non-hydrogen) atoms. The summed E-state index contributed by atoms with van der Waals surface area (Å²) in [4.78, 5) is 134. The van der Waals surface area contributed by atoms with Crippen molar-refractivity contribution in [2.75, 3.05) is 137 Å². The number of ether oxygens (including phenoxy) is 4. The van der Waals surface area contributed by atoms with Crippen molar-refractivity contribution in [2.45, 2.75) is 95.2 Å². The number of benzene rings is 2. The number of hydrogen-bond acceptors (Lipinski definition) is 21. The van der Waals surface area contributed by atoms with Crippen LogP contribution in [0.2, 0.25) is 0 Å². The van der Waals surface area contributed by atoms with E-state index in [1.807, 2.05) is 12.1 Å². The molecule has 0 bridgehead atoms. The number of carboxylic acids is 4. The third-order valence-corrected chi connectivity index (χ3v) is 15.7. The van der Waals surface area contributed by atoms with Crippen molar-refractivity contribution < 1.29 is 97.4 Å². The van der Waals surface area contributed by atoms with Crippen LogP contribution in [0.1, 0.15) is 80.6 Å². The summed E-state index contributed by atoms with van der Waals surface area (Å²) in [6.07, 6.45) is 4.79. The average molecular weight is 1350 g/mol. The van der Waals surface area contributed by atoms with Crippen LogP contribution in [0.4, 0.5) is 5.69 Å². The van der Waals surface area contributed by atoms with Crippen molar-refractivity contribution >= 4 is 100 Å². The Bertz CT molecular complexity index is 3030. The number of aromatic nitrogens is 1. The first-order chi connectivity index (χ1) is 45.5. The number of amides is 6. The van der Waals surface area contributed by atoms with Crippen LogP contribution in [0.25, 0.3) is 10.9 Å². The molecule has 2 saturated heterocycles. The van der Waals surface area contributed by atoms with Gasteiger partial charge in [0.2, 0.25) is 23.6 Å². The van der Waals surface area contributed by atoms with Gasteiger partial charge < -0.3 is 91.5 Å². The number of rotatable bonds is 42. The Labute approximate surface area is 555 Å². The number of pyridine rings is 1. The topological polar surface area (TPSA) is 439 Å². The highest BCUT2D eigenvalue weighted by atomic mass is 32.1. The van der Waals surface area contributed by atoms with Gasteiger partial charge in [0.25, 0.3) is 11.8 Å².